The van der Waals surface area contributed by atoms with E-state index < -0.39 is 5.41 Å². The second-order valence-corrected chi connectivity index (χ2v) is 6.02. The van der Waals surface area contributed by atoms with Gasteiger partial charge in [0.15, 0.2) is 5.65 Å². The molecule has 7 heteroatoms. The van der Waals surface area contributed by atoms with Crippen LogP contribution in [0.5, 0.6) is 0 Å². The molecule has 118 valence electrons. The van der Waals surface area contributed by atoms with E-state index in [0.29, 0.717) is 37.2 Å². The summed E-state index contributed by atoms with van der Waals surface area (Å²) in [7, 11) is 0. The molecule has 6 nitrogen and oxygen atoms in total. The molecule has 0 unspecified atom stereocenters. The first kappa shape index (κ1) is 15.2. The highest BCUT2D eigenvalue weighted by atomic mass is 35.5. The van der Waals surface area contributed by atoms with Crippen LogP contribution in [0.25, 0.3) is 11.0 Å². The zero-order valence-electron chi connectivity index (χ0n) is 12.4. The van der Waals surface area contributed by atoms with Gasteiger partial charge >= 0.3 is 5.97 Å². The average Bonchev–Trinajstić information content (AvgIpc) is 2.84. The molecule has 1 aliphatic heterocycles. The van der Waals surface area contributed by atoms with E-state index in [4.69, 9.17) is 21.1 Å². The topological polar surface area (TPSA) is 66.2 Å². The Labute approximate surface area is 133 Å². The third kappa shape index (κ3) is 2.94. The number of ether oxygens (including phenoxy) is 2. The van der Waals surface area contributed by atoms with Crippen molar-refractivity contribution in [2.45, 2.75) is 26.3 Å². The quantitative estimate of drug-likeness (QED) is 0.464. The minimum atomic E-state index is -0.639. The molecular weight excluding hydrogens is 306 g/mol. The van der Waals surface area contributed by atoms with Gasteiger partial charge in [0.05, 0.1) is 26.4 Å². The predicted octanol–water partition coefficient (Wildman–Crippen LogP) is 2.44. The number of nitrogens with zero attached hydrogens (tertiary/aromatic N) is 3. The Morgan fingerprint density at radius 1 is 1.50 bits per heavy atom. The average molecular weight is 324 g/mol. The predicted molar refractivity (Wildman–Crippen MR) is 81.7 cm³/mol. The lowest BCUT2D eigenvalue weighted by atomic mass is 9.86. The van der Waals surface area contributed by atoms with E-state index in [2.05, 4.69) is 17.0 Å². The molecule has 0 aliphatic carbocycles. The molecule has 1 fully saturated rings. The van der Waals surface area contributed by atoms with Gasteiger partial charge in [0.2, 0.25) is 0 Å². The van der Waals surface area contributed by atoms with E-state index in [1.54, 1.807) is 10.7 Å². The van der Waals surface area contributed by atoms with Crippen LogP contribution < -0.4 is 0 Å². The molecule has 2 aromatic heterocycles. The number of unbranched alkanes of at least 4 members (excludes halogenated alkanes) is 1. The van der Waals surface area contributed by atoms with Crippen LogP contribution in [-0.4, -0.2) is 40.6 Å². The molecule has 2 aromatic rings. The maximum atomic E-state index is 12.3. The number of aromatic nitrogens is 3. The Balaban J connectivity index is 1.74. The van der Waals surface area contributed by atoms with Crippen molar-refractivity contribution in [2.75, 3.05) is 19.8 Å². The second kappa shape index (κ2) is 6.22. The summed E-state index contributed by atoms with van der Waals surface area (Å²) in [5.74, 6) is -0.210. The minimum Gasteiger partial charge on any atom is -0.465 e. The van der Waals surface area contributed by atoms with Crippen molar-refractivity contribution in [2.24, 2.45) is 5.41 Å². The number of carbonyl (C=O) groups excluding carboxylic acids is 1. The highest BCUT2D eigenvalue weighted by molar-refractivity contribution is 6.29. The van der Waals surface area contributed by atoms with Crippen LogP contribution in [0.1, 0.15) is 19.8 Å². The van der Waals surface area contributed by atoms with Crippen molar-refractivity contribution in [3.05, 3.63) is 23.5 Å². The molecule has 0 radical (unpaired) electrons. The number of hydrogen-bond acceptors (Lipinski definition) is 5. The summed E-state index contributed by atoms with van der Waals surface area (Å²) >= 11 is 5.87. The van der Waals surface area contributed by atoms with E-state index in [-0.39, 0.29) is 5.97 Å². The SMILES string of the molecule is CCCCOC(=O)C1(Cn2cc3ccc(Cl)nc3n2)COC1. The molecule has 0 bridgehead atoms. The molecule has 0 N–H and O–H groups in total. The van der Waals surface area contributed by atoms with Crippen molar-refractivity contribution in [3.8, 4) is 0 Å². The van der Waals surface area contributed by atoms with Gasteiger partial charge in [0.1, 0.15) is 10.6 Å². The third-order valence-electron chi connectivity index (χ3n) is 3.77. The Hall–Kier alpha value is -1.66. The molecule has 1 aliphatic rings. The zero-order chi connectivity index (χ0) is 15.6. The summed E-state index contributed by atoms with van der Waals surface area (Å²) in [4.78, 5) is 16.5. The molecule has 3 heterocycles. The van der Waals surface area contributed by atoms with Crippen molar-refractivity contribution in [1.82, 2.24) is 14.8 Å². The Kier molecular flexibility index (Phi) is 4.31. The van der Waals surface area contributed by atoms with Crippen LogP contribution in [0.15, 0.2) is 18.3 Å². The molecule has 0 aromatic carbocycles. The molecular formula is C15H18ClN3O3. The summed E-state index contributed by atoms with van der Waals surface area (Å²) in [5.41, 5.74) is -0.0678. The summed E-state index contributed by atoms with van der Waals surface area (Å²) < 4.78 is 12.3. The van der Waals surface area contributed by atoms with Crippen molar-refractivity contribution in [3.63, 3.8) is 0 Å². The van der Waals surface area contributed by atoms with E-state index >= 15 is 0 Å². The number of rotatable bonds is 6. The smallest absolute Gasteiger partial charge is 0.318 e. The maximum absolute atomic E-state index is 12.3. The fourth-order valence-corrected chi connectivity index (χ4v) is 2.55. The lowest BCUT2D eigenvalue weighted by Gasteiger charge is -2.38. The molecule has 1 saturated heterocycles. The Morgan fingerprint density at radius 3 is 3.00 bits per heavy atom. The Bertz CT molecular complexity index is 682. The van der Waals surface area contributed by atoms with Gasteiger partial charge in [0, 0.05) is 11.6 Å². The first-order valence-corrected chi connectivity index (χ1v) is 7.75. The first-order valence-electron chi connectivity index (χ1n) is 7.38. The van der Waals surface area contributed by atoms with Crippen LogP contribution in [-0.2, 0) is 20.8 Å². The highest BCUT2D eigenvalue weighted by Crippen LogP contribution is 2.31. The summed E-state index contributed by atoms with van der Waals surface area (Å²) in [6, 6.07) is 3.58. The number of pyridine rings is 1. The summed E-state index contributed by atoms with van der Waals surface area (Å²) in [6.45, 7) is 3.66. The van der Waals surface area contributed by atoms with Gasteiger partial charge in [-0.05, 0) is 18.6 Å². The number of fused-ring (bicyclic) bond motifs is 1. The number of carbonyl (C=O) groups is 1. The van der Waals surface area contributed by atoms with E-state index in [9.17, 15) is 4.79 Å². The fourth-order valence-electron chi connectivity index (χ4n) is 2.40. The first-order chi connectivity index (χ1) is 10.6. The zero-order valence-corrected chi connectivity index (χ0v) is 13.2. The van der Waals surface area contributed by atoms with E-state index in [0.717, 1.165) is 18.2 Å². The van der Waals surface area contributed by atoms with Gasteiger partial charge in [-0.1, -0.05) is 24.9 Å². The lowest BCUT2D eigenvalue weighted by Crippen LogP contribution is -2.52. The molecule has 0 amide bonds. The van der Waals surface area contributed by atoms with Gasteiger partial charge in [-0.25, -0.2) is 4.98 Å². The van der Waals surface area contributed by atoms with Crippen LogP contribution in [0, 0.1) is 5.41 Å². The molecule has 0 atom stereocenters. The lowest BCUT2D eigenvalue weighted by molar-refractivity contribution is -0.189. The van der Waals surface area contributed by atoms with Crippen LogP contribution in [0.4, 0.5) is 0 Å². The summed E-state index contributed by atoms with van der Waals surface area (Å²) in [6.07, 6.45) is 3.72. The van der Waals surface area contributed by atoms with Gasteiger partial charge in [-0.2, -0.15) is 5.10 Å². The van der Waals surface area contributed by atoms with Gasteiger partial charge < -0.3 is 9.47 Å². The monoisotopic (exact) mass is 323 g/mol. The van der Waals surface area contributed by atoms with Crippen molar-refractivity contribution in [1.29, 1.82) is 0 Å². The molecule has 22 heavy (non-hydrogen) atoms. The molecule has 3 rings (SSSR count). The van der Waals surface area contributed by atoms with Crippen LogP contribution in [0.3, 0.4) is 0 Å². The van der Waals surface area contributed by atoms with Crippen molar-refractivity contribution >= 4 is 28.6 Å². The van der Waals surface area contributed by atoms with Crippen molar-refractivity contribution < 1.29 is 14.3 Å². The summed E-state index contributed by atoms with van der Waals surface area (Å²) in [5, 5.41) is 5.67. The van der Waals surface area contributed by atoms with E-state index in [1.165, 1.54) is 0 Å². The maximum Gasteiger partial charge on any atom is 0.318 e. The number of halogens is 1. The largest absolute Gasteiger partial charge is 0.465 e. The molecule has 0 spiro atoms. The third-order valence-corrected chi connectivity index (χ3v) is 3.98. The normalized spacial score (nSPS) is 16.5. The minimum absolute atomic E-state index is 0.210. The van der Waals surface area contributed by atoms with E-state index in [1.807, 2.05) is 12.3 Å². The van der Waals surface area contributed by atoms with Crippen LogP contribution in [0.2, 0.25) is 5.15 Å². The van der Waals surface area contributed by atoms with Gasteiger partial charge in [-0.3, -0.25) is 9.48 Å². The fraction of sp³-hybridized carbons (Fsp3) is 0.533. The Morgan fingerprint density at radius 2 is 2.32 bits per heavy atom. The second-order valence-electron chi connectivity index (χ2n) is 5.64. The highest BCUT2D eigenvalue weighted by Gasteiger charge is 2.48. The van der Waals surface area contributed by atoms with Crippen LogP contribution >= 0.6 is 11.6 Å². The standard InChI is InChI=1S/C15H18ClN3O3/c1-2-3-6-22-14(20)15(9-21-10-15)8-19-7-11-4-5-12(16)17-13(11)18-19/h4-5,7H,2-3,6,8-10H2,1H3. The number of hydrogen-bond donors (Lipinski definition) is 0. The van der Waals surface area contributed by atoms with Gasteiger partial charge in [-0.15, -0.1) is 0 Å². The van der Waals surface area contributed by atoms with Gasteiger partial charge in [0.25, 0.3) is 0 Å². The number of esters is 1. The molecule has 0 saturated carbocycles.